The normalized spacial score (nSPS) is 16.5. The van der Waals surface area contributed by atoms with Crippen LogP contribution in [-0.4, -0.2) is 35.5 Å². The number of alkyl halides is 1. The van der Waals surface area contributed by atoms with E-state index in [1.54, 1.807) is 26.0 Å². The summed E-state index contributed by atoms with van der Waals surface area (Å²) < 4.78 is 35.4. The van der Waals surface area contributed by atoms with Gasteiger partial charge < -0.3 is 14.1 Å². The average Bonchev–Trinajstić information content (AvgIpc) is 3.10. The Bertz CT molecular complexity index is 964. The number of hydrogen-bond donors (Lipinski definition) is 0. The third-order valence-corrected chi connectivity index (χ3v) is 5.56. The van der Waals surface area contributed by atoms with Gasteiger partial charge in [0.2, 0.25) is 9.84 Å². The molecular formula is C15H15BrN2O6S. The molecule has 1 aliphatic heterocycles. The van der Waals surface area contributed by atoms with Crippen molar-refractivity contribution < 1.29 is 27.3 Å². The van der Waals surface area contributed by atoms with Gasteiger partial charge in [-0.2, -0.15) is 0 Å². The molecule has 0 bridgehead atoms. The fourth-order valence-electron chi connectivity index (χ4n) is 2.33. The molecule has 3 rings (SSSR count). The molecular weight excluding hydrogens is 416 g/mol. The molecule has 2 heterocycles. The van der Waals surface area contributed by atoms with E-state index in [1.165, 1.54) is 6.07 Å². The number of hydrogen-bond acceptors (Lipinski definition) is 8. The summed E-state index contributed by atoms with van der Waals surface area (Å²) in [5, 5.41) is 8.00. The van der Waals surface area contributed by atoms with Crippen LogP contribution in [-0.2, 0) is 25.2 Å². The molecule has 0 aliphatic carbocycles. The van der Waals surface area contributed by atoms with E-state index in [1.807, 2.05) is 0 Å². The summed E-state index contributed by atoms with van der Waals surface area (Å²) in [5.41, 5.74) is -0.0290. The number of esters is 1. The minimum atomic E-state index is -3.70. The molecule has 134 valence electrons. The van der Waals surface area contributed by atoms with E-state index in [9.17, 15) is 13.2 Å². The molecule has 0 saturated carbocycles. The highest BCUT2D eigenvalue weighted by molar-refractivity contribution is 9.09. The van der Waals surface area contributed by atoms with Gasteiger partial charge in [-0.3, -0.25) is 4.79 Å². The van der Waals surface area contributed by atoms with Crippen LogP contribution in [0.1, 0.15) is 26.0 Å². The Kier molecular flexibility index (Phi) is 4.58. The highest BCUT2D eigenvalue weighted by atomic mass is 79.9. The highest BCUT2D eigenvalue weighted by Gasteiger charge is 2.36. The number of carbonyl (C=O) groups is 1. The number of halogens is 1. The van der Waals surface area contributed by atoms with Crippen LogP contribution in [0, 0.1) is 0 Å². The van der Waals surface area contributed by atoms with Gasteiger partial charge in [0.05, 0.1) is 0 Å². The van der Waals surface area contributed by atoms with Crippen molar-refractivity contribution in [1.29, 1.82) is 0 Å². The van der Waals surface area contributed by atoms with Gasteiger partial charge in [-0.25, -0.2) is 8.42 Å². The van der Waals surface area contributed by atoms with Crippen LogP contribution in [0.15, 0.2) is 27.9 Å². The number of ether oxygens (including phenoxy) is 1. The van der Waals surface area contributed by atoms with Crippen molar-refractivity contribution >= 4 is 47.7 Å². The van der Waals surface area contributed by atoms with Gasteiger partial charge in [-0.15, -0.1) is 0 Å². The Balaban J connectivity index is 1.88. The summed E-state index contributed by atoms with van der Waals surface area (Å²) in [6, 6.07) is 4.63. The van der Waals surface area contributed by atoms with E-state index in [2.05, 4.69) is 26.2 Å². The summed E-state index contributed by atoms with van der Waals surface area (Å²) >= 11 is 3.01. The van der Waals surface area contributed by atoms with E-state index >= 15 is 0 Å². The Morgan fingerprint density at radius 2 is 2.16 bits per heavy atom. The number of rotatable bonds is 4. The molecule has 0 amide bonds. The van der Waals surface area contributed by atoms with Crippen molar-refractivity contribution in [3.63, 3.8) is 0 Å². The van der Waals surface area contributed by atoms with Crippen molar-refractivity contribution in [2.45, 2.75) is 31.6 Å². The lowest BCUT2D eigenvalue weighted by Crippen LogP contribution is -2.23. The molecule has 0 fully saturated rings. The number of oxime groups is 1. The molecule has 0 spiro atoms. The molecule has 8 nitrogen and oxygen atoms in total. The first kappa shape index (κ1) is 17.9. The molecule has 1 aliphatic rings. The smallest absolute Gasteiger partial charge is 0.321 e. The van der Waals surface area contributed by atoms with E-state index in [-0.39, 0.29) is 34.0 Å². The van der Waals surface area contributed by atoms with Crippen molar-refractivity contribution in [2.24, 2.45) is 5.16 Å². The zero-order valence-electron chi connectivity index (χ0n) is 13.5. The lowest BCUT2D eigenvalue weighted by molar-refractivity contribution is -0.131. The fraction of sp³-hybridized carbons (Fsp3) is 0.400. The zero-order chi connectivity index (χ0) is 18.2. The molecule has 2 aromatic rings. The number of carbonyl (C=O) groups excluding carboxylic acids is 1. The lowest BCUT2D eigenvalue weighted by Gasteiger charge is -2.13. The number of fused-ring (bicyclic) bond motifs is 1. The molecule has 0 N–H and O–H groups in total. The monoisotopic (exact) mass is 430 g/mol. The summed E-state index contributed by atoms with van der Waals surface area (Å²) in [6.45, 7) is 3.52. The number of aromatic nitrogens is 1. The van der Waals surface area contributed by atoms with E-state index < -0.39 is 21.4 Å². The van der Waals surface area contributed by atoms with Crippen LogP contribution in [0.5, 0.6) is 5.75 Å². The van der Waals surface area contributed by atoms with E-state index in [0.717, 1.165) is 0 Å². The Labute approximate surface area is 152 Å². The van der Waals surface area contributed by atoms with Crippen LogP contribution in [0.25, 0.3) is 11.0 Å². The second kappa shape index (κ2) is 6.41. The van der Waals surface area contributed by atoms with Crippen molar-refractivity contribution in [1.82, 2.24) is 5.16 Å². The SMILES string of the molecule is CC1(C)CC(S(=O)(=O)Cc2noc3ccc(OC(=O)CBr)cc23)=NO1. The molecule has 1 aromatic carbocycles. The minimum Gasteiger partial charge on any atom is -0.426 e. The number of sulfone groups is 1. The van der Waals surface area contributed by atoms with Gasteiger partial charge in [0.1, 0.15) is 28.1 Å². The summed E-state index contributed by atoms with van der Waals surface area (Å²) in [7, 11) is -3.70. The molecule has 25 heavy (non-hydrogen) atoms. The van der Waals surface area contributed by atoms with E-state index in [0.29, 0.717) is 11.0 Å². The topological polar surface area (TPSA) is 108 Å². The minimum absolute atomic E-state index is 0.0180. The van der Waals surface area contributed by atoms with Crippen molar-refractivity contribution in [2.75, 3.05) is 5.33 Å². The summed E-state index contributed by atoms with van der Waals surface area (Å²) in [4.78, 5) is 16.5. The summed E-state index contributed by atoms with van der Waals surface area (Å²) in [5.74, 6) is -0.570. The van der Waals surface area contributed by atoms with Crippen LogP contribution in [0.3, 0.4) is 0 Å². The highest BCUT2D eigenvalue weighted by Crippen LogP contribution is 2.29. The molecule has 10 heteroatoms. The van der Waals surface area contributed by atoms with Crippen LogP contribution >= 0.6 is 15.9 Å². The predicted octanol–water partition coefficient (Wildman–Crippen LogP) is 2.56. The second-order valence-electron chi connectivity index (χ2n) is 6.17. The summed E-state index contributed by atoms with van der Waals surface area (Å²) in [6.07, 6.45) is 0.194. The zero-order valence-corrected chi connectivity index (χ0v) is 15.9. The van der Waals surface area contributed by atoms with Crippen LogP contribution in [0.4, 0.5) is 0 Å². The maximum atomic E-state index is 12.6. The maximum absolute atomic E-state index is 12.6. The Morgan fingerprint density at radius 1 is 1.40 bits per heavy atom. The second-order valence-corrected chi connectivity index (χ2v) is 8.72. The molecule has 0 radical (unpaired) electrons. The predicted molar refractivity (Wildman–Crippen MR) is 93.3 cm³/mol. The number of nitrogens with zero attached hydrogens (tertiary/aromatic N) is 2. The van der Waals surface area contributed by atoms with Gasteiger partial charge in [0.25, 0.3) is 0 Å². The Hall–Kier alpha value is -1.94. The molecule has 0 saturated heterocycles. The molecule has 0 unspecified atom stereocenters. The van der Waals surface area contributed by atoms with Crippen molar-refractivity contribution in [3.05, 3.63) is 23.9 Å². The average molecular weight is 431 g/mol. The van der Waals surface area contributed by atoms with Gasteiger partial charge in [-0.05, 0) is 32.0 Å². The van der Waals surface area contributed by atoms with Gasteiger partial charge in [0.15, 0.2) is 10.6 Å². The largest absolute Gasteiger partial charge is 0.426 e. The maximum Gasteiger partial charge on any atom is 0.321 e. The van der Waals surface area contributed by atoms with E-state index in [4.69, 9.17) is 14.1 Å². The van der Waals surface area contributed by atoms with Crippen LogP contribution in [0.2, 0.25) is 0 Å². The van der Waals surface area contributed by atoms with Crippen molar-refractivity contribution in [3.8, 4) is 5.75 Å². The first-order valence-electron chi connectivity index (χ1n) is 7.33. The quantitative estimate of drug-likeness (QED) is 0.416. The lowest BCUT2D eigenvalue weighted by atomic mass is 10.1. The molecule has 1 aromatic heterocycles. The third kappa shape index (κ3) is 3.84. The first-order valence-corrected chi connectivity index (χ1v) is 10.1. The number of benzene rings is 1. The molecule has 0 atom stereocenters. The Morgan fingerprint density at radius 3 is 2.80 bits per heavy atom. The van der Waals surface area contributed by atoms with Crippen LogP contribution < -0.4 is 4.74 Å². The van der Waals surface area contributed by atoms with Gasteiger partial charge in [0, 0.05) is 11.8 Å². The van der Waals surface area contributed by atoms with Gasteiger partial charge >= 0.3 is 5.97 Å². The fourth-order valence-corrected chi connectivity index (χ4v) is 3.89. The standard InChI is InChI=1S/C15H15BrN2O6S/c1-15(2)6-13(18-24-15)25(20,21)8-11-10-5-9(22-14(19)7-16)3-4-12(10)23-17-11/h3-5H,6-8H2,1-2H3. The first-order chi connectivity index (χ1) is 11.7. The third-order valence-electron chi connectivity index (χ3n) is 3.51. The van der Waals surface area contributed by atoms with Gasteiger partial charge in [-0.1, -0.05) is 26.2 Å².